The van der Waals surface area contributed by atoms with Crippen molar-refractivity contribution in [2.45, 2.75) is 0 Å². The van der Waals surface area contributed by atoms with Gasteiger partial charge in [-0.25, -0.2) is 4.57 Å². The fraction of sp³-hybridized carbons (Fsp3) is 0. The molecule has 0 rings (SSSR count). The van der Waals surface area contributed by atoms with Crippen LogP contribution in [-0.2, 0) is 12.5 Å². The van der Waals surface area contributed by atoms with Gasteiger partial charge in [0.05, 0.1) is 0 Å². The second-order valence-corrected chi connectivity index (χ2v) is 3.68. The summed E-state index contributed by atoms with van der Waals surface area (Å²) in [5, 5.41) is 18.3. The van der Waals surface area contributed by atoms with Crippen LogP contribution in [-0.4, -0.2) is 0 Å². The standard InChI is InChI=1S/C2FN2O3PS2.Li.H/c3-9(6,7-10-1-4)8-11-2-5;;/q;+1;-1. The smallest absolute Gasteiger partial charge is 1.00 e. The Bertz CT molecular complexity index is 235. The second-order valence-electron chi connectivity index (χ2n) is 0.929. The average molecular weight is 222 g/mol. The average Bonchev–Trinajstić information content (AvgIpc) is 1.97. The molecule has 0 saturated heterocycles. The first kappa shape index (κ1) is 14.9. The van der Waals surface area contributed by atoms with Crippen LogP contribution < -0.4 is 18.9 Å². The third-order valence-electron chi connectivity index (χ3n) is 0.327. The summed E-state index contributed by atoms with van der Waals surface area (Å²) in [6.07, 6.45) is 0. The Kier molecular flexibility index (Phi) is 9.88. The summed E-state index contributed by atoms with van der Waals surface area (Å²) in [6, 6.07) is 0. The van der Waals surface area contributed by atoms with Gasteiger partial charge in [-0.1, -0.05) is 0 Å². The van der Waals surface area contributed by atoms with Crippen LogP contribution in [0.1, 0.15) is 1.43 Å². The molecular weight excluding hydrogens is 221 g/mol. The molecule has 0 unspecified atom stereocenters. The van der Waals surface area contributed by atoms with Crippen LogP contribution in [0.25, 0.3) is 0 Å². The molecule has 10 heteroatoms. The summed E-state index contributed by atoms with van der Waals surface area (Å²) in [5.41, 5.74) is 0. The molecule has 0 aliphatic rings. The van der Waals surface area contributed by atoms with E-state index in [0.717, 1.165) is 0 Å². The van der Waals surface area contributed by atoms with Crippen LogP contribution in [0.2, 0.25) is 0 Å². The van der Waals surface area contributed by atoms with Crippen LogP contribution >= 0.6 is 32.0 Å². The molecule has 0 spiro atoms. The summed E-state index contributed by atoms with van der Waals surface area (Å²) in [7, 11) is -4.74. The van der Waals surface area contributed by atoms with Crippen molar-refractivity contribution >= 4 is 32.0 Å². The van der Waals surface area contributed by atoms with E-state index in [1.807, 2.05) is 0 Å². The van der Waals surface area contributed by atoms with Crippen molar-refractivity contribution in [3.05, 3.63) is 0 Å². The predicted molar refractivity (Wildman–Crippen MR) is 38.4 cm³/mol. The molecule has 0 aliphatic carbocycles. The van der Waals surface area contributed by atoms with E-state index in [1.165, 1.54) is 10.8 Å². The molecule has 0 aromatic carbocycles. The Balaban J connectivity index is -0.000000500. The Morgan fingerprint density at radius 3 is 1.92 bits per heavy atom. The molecule has 0 aliphatic heterocycles. The van der Waals surface area contributed by atoms with E-state index < -0.39 is 7.91 Å². The summed E-state index contributed by atoms with van der Waals surface area (Å²) in [5.74, 6) is 0. The molecule has 62 valence electrons. The van der Waals surface area contributed by atoms with Crippen molar-refractivity contribution in [1.82, 2.24) is 0 Å². The minimum Gasteiger partial charge on any atom is -1.00 e. The summed E-state index contributed by atoms with van der Waals surface area (Å²) in [4.78, 5) is 0. The third-order valence-corrected chi connectivity index (χ3v) is 2.50. The van der Waals surface area contributed by atoms with Crippen LogP contribution in [0.3, 0.4) is 0 Å². The first-order valence-electron chi connectivity index (χ1n) is 1.91. The maximum Gasteiger partial charge on any atom is 1.00 e. The molecule has 0 saturated carbocycles. The van der Waals surface area contributed by atoms with Crippen LogP contribution in [0.4, 0.5) is 4.20 Å². The molecule has 0 atom stereocenters. The molecule has 0 bridgehead atoms. The fourth-order valence-corrected chi connectivity index (χ4v) is 1.44. The van der Waals surface area contributed by atoms with Gasteiger partial charge in [0.2, 0.25) is 0 Å². The summed E-state index contributed by atoms with van der Waals surface area (Å²) < 4.78 is 30.0. The third kappa shape index (κ3) is 8.45. The van der Waals surface area contributed by atoms with Crippen molar-refractivity contribution in [3.8, 4) is 10.8 Å². The predicted octanol–water partition coefficient (Wildman–Crippen LogP) is -0.528. The van der Waals surface area contributed by atoms with Gasteiger partial charge in [0.1, 0.15) is 24.1 Å². The van der Waals surface area contributed by atoms with Crippen molar-refractivity contribution in [2.75, 3.05) is 0 Å². The van der Waals surface area contributed by atoms with E-state index in [-0.39, 0.29) is 44.4 Å². The normalized spacial score (nSPS) is 9.25. The van der Waals surface area contributed by atoms with Crippen LogP contribution in [0, 0.1) is 21.3 Å². The first-order valence-corrected chi connectivity index (χ1v) is 4.82. The molecule has 0 heterocycles. The number of hydrogen-bond donors (Lipinski definition) is 0. The summed E-state index contributed by atoms with van der Waals surface area (Å²) in [6.45, 7) is 0. The summed E-state index contributed by atoms with van der Waals surface area (Å²) >= 11 is -0.0296. The quantitative estimate of drug-likeness (QED) is 0.273. The minimum atomic E-state index is -4.74. The van der Waals surface area contributed by atoms with E-state index in [2.05, 4.69) is 7.94 Å². The second kappa shape index (κ2) is 7.98. The van der Waals surface area contributed by atoms with Gasteiger partial charge >= 0.3 is 26.8 Å². The maximum atomic E-state index is 12.2. The molecular formula is C2HFLiN2O3PS2. The van der Waals surface area contributed by atoms with Crippen molar-refractivity contribution in [2.24, 2.45) is 0 Å². The molecule has 0 amide bonds. The Hall–Kier alpha value is 0.357. The fourth-order valence-electron chi connectivity index (χ4n) is 0.135. The Labute approximate surface area is 90.3 Å². The minimum absolute atomic E-state index is 0. The largest absolute Gasteiger partial charge is 1.00 e. The molecule has 0 N–H and O–H groups in total. The number of nitriles is 2. The Morgan fingerprint density at radius 1 is 1.33 bits per heavy atom. The molecule has 0 aromatic heterocycles. The molecule has 12 heavy (non-hydrogen) atoms. The van der Waals surface area contributed by atoms with Crippen LogP contribution in [0.15, 0.2) is 0 Å². The number of thiocyanates is 2. The number of rotatable bonds is 4. The molecule has 0 fully saturated rings. The zero-order chi connectivity index (χ0) is 8.74. The number of hydrogen-bond acceptors (Lipinski definition) is 7. The topological polar surface area (TPSA) is 83.1 Å². The van der Waals surface area contributed by atoms with Gasteiger partial charge < -0.3 is 1.43 Å². The molecule has 0 aromatic rings. The maximum absolute atomic E-state index is 12.2. The van der Waals surface area contributed by atoms with Crippen LogP contribution in [0.5, 0.6) is 0 Å². The van der Waals surface area contributed by atoms with Crippen molar-refractivity contribution in [3.63, 3.8) is 0 Å². The van der Waals surface area contributed by atoms with E-state index >= 15 is 0 Å². The number of halogens is 1. The van der Waals surface area contributed by atoms with Gasteiger partial charge in [-0.3, -0.25) is 0 Å². The SMILES string of the molecule is N#CSOP(=O)(F)OSC#N.[H-].[Li+]. The Morgan fingerprint density at radius 2 is 1.67 bits per heavy atom. The van der Waals surface area contributed by atoms with Crippen molar-refractivity contribution in [1.29, 1.82) is 10.5 Å². The number of nitrogens with zero attached hydrogens (tertiary/aromatic N) is 2. The van der Waals surface area contributed by atoms with E-state index in [0.29, 0.717) is 0 Å². The van der Waals surface area contributed by atoms with E-state index in [9.17, 15) is 8.76 Å². The van der Waals surface area contributed by atoms with Gasteiger partial charge in [0.25, 0.3) is 0 Å². The van der Waals surface area contributed by atoms with E-state index in [1.54, 1.807) is 0 Å². The first-order chi connectivity index (χ1) is 5.12. The van der Waals surface area contributed by atoms with E-state index in [4.69, 9.17) is 10.5 Å². The van der Waals surface area contributed by atoms with Gasteiger partial charge in [-0.15, -0.1) is 4.20 Å². The van der Waals surface area contributed by atoms with Gasteiger partial charge in [-0.2, -0.15) is 18.5 Å². The monoisotopic (exact) mass is 222 g/mol. The molecule has 5 nitrogen and oxygen atoms in total. The van der Waals surface area contributed by atoms with Gasteiger partial charge in [0.15, 0.2) is 10.8 Å². The molecule has 0 radical (unpaired) electrons. The van der Waals surface area contributed by atoms with Crippen molar-refractivity contribution < 1.29 is 37.0 Å². The van der Waals surface area contributed by atoms with Gasteiger partial charge in [0, 0.05) is 0 Å². The zero-order valence-electron chi connectivity index (χ0n) is 6.76. The zero-order valence-corrected chi connectivity index (χ0v) is 8.29. The van der Waals surface area contributed by atoms with Gasteiger partial charge in [-0.05, 0) is 0 Å².